The molecular formula is C7H11NO2. The van der Waals surface area contributed by atoms with E-state index in [0.717, 1.165) is 6.08 Å². The highest BCUT2D eigenvalue weighted by Crippen LogP contribution is 2.10. The minimum absolute atomic E-state index is 0.338. The lowest BCUT2D eigenvalue weighted by molar-refractivity contribution is -0.0141. The van der Waals surface area contributed by atoms with Crippen LogP contribution in [-0.2, 0) is 4.74 Å². The maximum atomic E-state index is 8.80. The smallest absolute Gasteiger partial charge is 0.288 e. The standard InChI is InChI=1S/C7H11NO2/c1-7(2,3)10-6(9)4-5-8/h4,9H,1-3H3/b6-4-. The van der Waals surface area contributed by atoms with Crippen molar-refractivity contribution in [1.29, 1.82) is 5.26 Å². The number of ether oxygens (including phenoxy) is 1. The average molecular weight is 141 g/mol. The van der Waals surface area contributed by atoms with Crippen molar-refractivity contribution in [3.8, 4) is 6.07 Å². The van der Waals surface area contributed by atoms with E-state index in [-0.39, 0.29) is 5.95 Å². The highest BCUT2D eigenvalue weighted by Gasteiger charge is 2.11. The second-order valence-corrected chi connectivity index (χ2v) is 2.83. The maximum absolute atomic E-state index is 8.80. The SMILES string of the molecule is CC(C)(C)O/C(O)=C\C#N. The molecule has 3 nitrogen and oxygen atoms in total. The topological polar surface area (TPSA) is 53.2 Å². The lowest BCUT2D eigenvalue weighted by atomic mass is 10.2. The van der Waals surface area contributed by atoms with Crippen LogP contribution in [0.5, 0.6) is 0 Å². The Bertz CT molecular complexity index is 171. The van der Waals surface area contributed by atoms with Crippen LogP contribution in [0, 0.1) is 11.3 Å². The lowest BCUT2D eigenvalue weighted by Gasteiger charge is -2.19. The number of aliphatic hydroxyl groups excluding tert-OH is 1. The molecule has 0 aromatic carbocycles. The Labute approximate surface area is 60.5 Å². The van der Waals surface area contributed by atoms with Gasteiger partial charge in [0.2, 0.25) is 0 Å². The number of hydrogen-bond donors (Lipinski definition) is 1. The molecule has 0 fully saturated rings. The Balaban J connectivity index is 3.95. The molecule has 1 N–H and O–H groups in total. The van der Waals surface area contributed by atoms with E-state index >= 15 is 0 Å². The fraction of sp³-hybridized carbons (Fsp3) is 0.571. The molecule has 0 aliphatic heterocycles. The van der Waals surface area contributed by atoms with Crippen LogP contribution in [0.15, 0.2) is 12.0 Å². The third kappa shape index (κ3) is 4.98. The zero-order valence-corrected chi connectivity index (χ0v) is 6.38. The van der Waals surface area contributed by atoms with Gasteiger partial charge in [0, 0.05) is 0 Å². The highest BCUT2D eigenvalue weighted by molar-refractivity contribution is 5.02. The molecule has 0 bridgehead atoms. The molecule has 10 heavy (non-hydrogen) atoms. The summed E-state index contributed by atoms with van der Waals surface area (Å²) in [6, 6.07) is 1.65. The van der Waals surface area contributed by atoms with Gasteiger partial charge in [-0.05, 0) is 20.8 Å². The largest absolute Gasteiger partial charge is 0.480 e. The minimum atomic E-state index is -0.447. The first-order chi connectivity index (χ1) is 4.45. The van der Waals surface area contributed by atoms with Crippen LogP contribution in [0.25, 0.3) is 0 Å². The molecule has 0 aliphatic carbocycles. The molecule has 56 valence electrons. The van der Waals surface area contributed by atoms with Crippen LogP contribution < -0.4 is 0 Å². The molecule has 0 aliphatic rings. The predicted molar refractivity (Wildman–Crippen MR) is 37.2 cm³/mol. The fourth-order valence-corrected chi connectivity index (χ4v) is 0.398. The van der Waals surface area contributed by atoms with E-state index in [4.69, 9.17) is 15.1 Å². The minimum Gasteiger partial charge on any atom is -0.480 e. The Kier molecular flexibility index (Phi) is 2.75. The van der Waals surface area contributed by atoms with Gasteiger partial charge in [-0.25, -0.2) is 0 Å². The summed E-state index contributed by atoms with van der Waals surface area (Å²) in [5, 5.41) is 16.9. The maximum Gasteiger partial charge on any atom is 0.288 e. The molecule has 0 aromatic heterocycles. The predicted octanol–water partition coefficient (Wildman–Crippen LogP) is 1.72. The molecule has 0 heterocycles. The molecule has 0 amide bonds. The van der Waals surface area contributed by atoms with Crippen molar-refractivity contribution in [2.75, 3.05) is 0 Å². The van der Waals surface area contributed by atoms with Crippen molar-refractivity contribution >= 4 is 0 Å². The van der Waals surface area contributed by atoms with E-state index in [9.17, 15) is 0 Å². The summed E-state index contributed by atoms with van der Waals surface area (Å²) in [7, 11) is 0. The molecule has 0 aromatic rings. The number of aliphatic hydroxyl groups is 1. The van der Waals surface area contributed by atoms with E-state index in [2.05, 4.69) is 0 Å². The Hall–Kier alpha value is -1.17. The number of nitrogens with zero attached hydrogens (tertiary/aromatic N) is 1. The van der Waals surface area contributed by atoms with Crippen LogP contribution in [0.1, 0.15) is 20.8 Å². The van der Waals surface area contributed by atoms with Crippen molar-refractivity contribution < 1.29 is 9.84 Å². The van der Waals surface area contributed by atoms with E-state index in [0.29, 0.717) is 0 Å². The third-order valence-corrected chi connectivity index (χ3v) is 0.599. The van der Waals surface area contributed by atoms with Gasteiger partial charge < -0.3 is 9.84 Å². The van der Waals surface area contributed by atoms with E-state index < -0.39 is 5.60 Å². The summed E-state index contributed by atoms with van der Waals surface area (Å²) < 4.78 is 4.87. The molecule has 3 heteroatoms. The van der Waals surface area contributed by atoms with Crippen LogP contribution in [0.2, 0.25) is 0 Å². The van der Waals surface area contributed by atoms with Crippen molar-refractivity contribution in [2.45, 2.75) is 26.4 Å². The number of allylic oxidation sites excluding steroid dienone is 1. The number of nitriles is 1. The van der Waals surface area contributed by atoms with Crippen molar-refractivity contribution in [1.82, 2.24) is 0 Å². The second-order valence-electron chi connectivity index (χ2n) is 2.83. The molecular weight excluding hydrogens is 130 g/mol. The van der Waals surface area contributed by atoms with Gasteiger partial charge >= 0.3 is 0 Å². The van der Waals surface area contributed by atoms with E-state index in [1.54, 1.807) is 26.8 Å². The Morgan fingerprint density at radius 1 is 1.60 bits per heavy atom. The molecule has 0 saturated heterocycles. The van der Waals surface area contributed by atoms with Crippen LogP contribution in [-0.4, -0.2) is 10.7 Å². The monoisotopic (exact) mass is 141 g/mol. The summed E-state index contributed by atoms with van der Waals surface area (Å²) in [5.74, 6) is -0.338. The van der Waals surface area contributed by atoms with Crippen LogP contribution >= 0.6 is 0 Å². The van der Waals surface area contributed by atoms with Crippen LogP contribution in [0.3, 0.4) is 0 Å². The molecule has 0 spiro atoms. The lowest BCUT2D eigenvalue weighted by Crippen LogP contribution is -2.18. The van der Waals surface area contributed by atoms with Gasteiger partial charge in [0.1, 0.15) is 5.60 Å². The third-order valence-electron chi connectivity index (χ3n) is 0.599. The zero-order chi connectivity index (χ0) is 8.20. The van der Waals surface area contributed by atoms with E-state index in [1.807, 2.05) is 0 Å². The van der Waals surface area contributed by atoms with Gasteiger partial charge in [0.25, 0.3) is 5.95 Å². The summed E-state index contributed by atoms with van der Waals surface area (Å²) >= 11 is 0. The van der Waals surface area contributed by atoms with Crippen LogP contribution in [0.4, 0.5) is 0 Å². The molecule has 0 radical (unpaired) electrons. The summed E-state index contributed by atoms with van der Waals surface area (Å²) in [6.07, 6.45) is 0.950. The van der Waals surface area contributed by atoms with Crippen molar-refractivity contribution in [2.24, 2.45) is 0 Å². The normalized spacial score (nSPS) is 12.4. The zero-order valence-electron chi connectivity index (χ0n) is 6.38. The summed E-state index contributed by atoms with van der Waals surface area (Å²) in [6.45, 7) is 5.36. The van der Waals surface area contributed by atoms with Gasteiger partial charge in [0.15, 0.2) is 0 Å². The van der Waals surface area contributed by atoms with Gasteiger partial charge in [-0.15, -0.1) is 0 Å². The first-order valence-corrected chi connectivity index (χ1v) is 2.93. The molecule has 0 atom stereocenters. The van der Waals surface area contributed by atoms with E-state index in [1.165, 1.54) is 0 Å². The molecule has 0 unspecified atom stereocenters. The Morgan fingerprint density at radius 2 is 2.10 bits per heavy atom. The highest BCUT2D eigenvalue weighted by atomic mass is 16.6. The number of rotatable bonds is 1. The van der Waals surface area contributed by atoms with Crippen molar-refractivity contribution in [3.05, 3.63) is 12.0 Å². The molecule has 0 rings (SSSR count). The van der Waals surface area contributed by atoms with Gasteiger partial charge in [-0.2, -0.15) is 5.26 Å². The van der Waals surface area contributed by atoms with Gasteiger partial charge in [-0.3, -0.25) is 0 Å². The van der Waals surface area contributed by atoms with Gasteiger partial charge in [-0.1, -0.05) is 0 Å². The summed E-state index contributed by atoms with van der Waals surface area (Å²) in [4.78, 5) is 0. The fourth-order valence-electron chi connectivity index (χ4n) is 0.398. The Morgan fingerprint density at radius 3 is 2.40 bits per heavy atom. The first kappa shape index (κ1) is 8.83. The molecule has 0 saturated carbocycles. The second kappa shape index (κ2) is 3.11. The van der Waals surface area contributed by atoms with Gasteiger partial charge in [0.05, 0.1) is 12.1 Å². The number of hydrogen-bond acceptors (Lipinski definition) is 3. The van der Waals surface area contributed by atoms with Crippen molar-refractivity contribution in [3.63, 3.8) is 0 Å². The summed E-state index contributed by atoms with van der Waals surface area (Å²) in [5.41, 5.74) is -0.447. The first-order valence-electron chi connectivity index (χ1n) is 2.93. The quantitative estimate of drug-likeness (QED) is 0.447. The average Bonchev–Trinajstić information content (AvgIpc) is 1.59.